The van der Waals surface area contributed by atoms with Gasteiger partial charge in [0.15, 0.2) is 16.8 Å². The first kappa shape index (κ1) is 32.4. The van der Waals surface area contributed by atoms with Crippen molar-refractivity contribution in [3.63, 3.8) is 0 Å². The number of sulfonamides is 1. The maximum atomic E-state index is 15.3. The predicted molar refractivity (Wildman–Crippen MR) is 173 cm³/mol. The Morgan fingerprint density at radius 3 is 2.49 bits per heavy atom. The van der Waals surface area contributed by atoms with Gasteiger partial charge in [-0.25, -0.2) is 14.7 Å². The summed E-state index contributed by atoms with van der Waals surface area (Å²) in [5, 5.41) is 9.68. The first-order chi connectivity index (χ1) is 22.5. The monoisotopic (exact) mass is 658 g/mol. The topological polar surface area (TPSA) is 136 Å². The number of fused-ring (bicyclic) bond motifs is 1. The molecule has 47 heavy (non-hydrogen) atoms. The van der Waals surface area contributed by atoms with Crippen LogP contribution in [0.5, 0.6) is 5.75 Å². The highest BCUT2D eigenvalue weighted by molar-refractivity contribution is 7.93. The van der Waals surface area contributed by atoms with Crippen molar-refractivity contribution in [2.75, 3.05) is 45.1 Å². The highest BCUT2D eigenvalue weighted by atomic mass is 32.2. The van der Waals surface area contributed by atoms with Crippen molar-refractivity contribution < 1.29 is 27.5 Å². The molecule has 0 saturated carbocycles. The molecule has 3 aliphatic rings. The molecule has 2 amide bonds. The Bertz CT molecular complexity index is 1850. The number of pyridine rings is 1. The molecule has 0 radical (unpaired) electrons. The van der Waals surface area contributed by atoms with Crippen molar-refractivity contribution in [2.45, 2.75) is 55.9 Å². The van der Waals surface area contributed by atoms with E-state index in [-0.39, 0.29) is 21.8 Å². The zero-order valence-corrected chi connectivity index (χ0v) is 27.8. The second-order valence-corrected chi connectivity index (χ2v) is 14.1. The van der Waals surface area contributed by atoms with Crippen molar-refractivity contribution in [3.8, 4) is 11.8 Å². The molecule has 1 aromatic heterocycles. The van der Waals surface area contributed by atoms with Crippen molar-refractivity contribution in [1.29, 1.82) is 5.26 Å². The van der Waals surface area contributed by atoms with E-state index in [0.29, 0.717) is 37.2 Å². The average Bonchev–Trinajstić information content (AvgIpc) is 3.80. The lowest BCUT2D eigenvalue weighted by Crippen LogP contribution is -2.57. The van der Waals surface area contributed by atoms with Crippen molar-refractivity contribution in [1.82, 2.24) is 19.7 Å². The van der Waals surface area contributed by atoms with Crippen LogP contribution >= 0.6 is 0 Å². The van der Waals surface area contributed by atoms with Gasteiger partial charge in [0.1, 0.15) is 5.75 Å². The van der Waals surface area contributed by atoms with Gasteiger partial charge in [0, 0.05) is 44.5 Å². The molecular formula is C34H38N6O6S. The fraction of sp³-hybridized carbons (Fsp3) is 0.412. The number of hydrogen-bond acceptors (Lipinski definition) is 10. The fourth-order valence-electron chi connectivity index (χ4n) is 6.87. The molecule has 3 aromatic rings. The third kappa shape index (κ3) is 5.50. The van der Waals surface area contributed by atoms with E-state index in [9.17, 15) is 18.5 Å². The third-order valence-corrected chi connectivity index (χ3v) is 10.7. The molecule has 6 rings (SSSR count). The lowest BCUT2D eigenvalue weighted by molar-refractivity contribution is -0.132. The van der Waals surface area contributed by atoms with E-state index in [1.807, 2.05) is 12.1 Å². The summed E-state index contributed by atoms with van der Waals surface area (Å²) in [5.74, 6) is -0.427. The number of methoxy groups -OCH3 is 1. The summed E-state index contributed by atoms with van der Waals surface area (Å²) in [6.07, 6.45) is 3.18. The highest BCUT2D eigenvalue weighted by Crippen LogP contribution is 2.54. The number of ether oxygens (including phenoxy) is 2. The van der Waals surface area contributed by atoms with Gasteiger partial charge in [-0.3, -0.25) is 9.69 Å². The number of rotatable bonds is 8. The Balaban J connectivity index is 1.61. The minimum atomic E-state index is -4.54. The minimum Gasteiger partial charge on any atom is -0.496 e. The number of anilines is 1. The first-order valence-electron chi connectivity index (χ1n) is 15.6. The van der Waals surface area contributed by atoms with Crippen LogP contribution < -0.4 is 9.04 Å². The van der Waals surface area contributed by atoms with Gasteiger partial charge < -0.3 is 14.4 Å². The van der Waals surface area contributed by atoms with Gasteiger partial charge in [-0.15, -0.1) is 0 Å². The number of hydrogen-bond donors (Lipinski definition) is 0. The largest absolute Gasteiger partial charge is 0.496 e. The van der Waals surface area contributed by atoms with Crippen LogP contribution in [0.1, 0.15) is 53.5 Å². The second kappa shape index (κ2) is 12.6. The lowest BCUT2D eigenvalue weighted by Gasteiger charge is -2.41. The Hall–Kier alpha value is -4.51. The van der Waals surface area contributed by atoms with E-state index >= 15 is 4.79 Å². The summed E-state index contributed by atoms with van der Waals surface area (Å²) >= 11 is 0. The normalized spacial score (nSPS) is 21.5. The van der Waals surface area contributed by atoms with Crippen LogP contribution in [0.3, 0.4) is 0 Å². The molecule has 2 unspecified atom stereocenters. The van der Waals surface area contributed by atoms with E-state index in [2.05, 4.69) is 16.0 Å². The van der Waals surface area contributed by atoms with Crippen LogP contribution in [-0.2, 0) is 31.6 Å². The van der Waals surface area contributed by atoms with Gasteiger partial charge in [-0.1, -0.05) is 18.2 Å². The lowest BCUT2D eigenvalue weighted by atomic mass is 9.80. The zero-order chi connectivity index (χ0) is 33.5. The molecule has 2 fully saturated rings. The summed E-state index contributed by atoms with van der Waals surface area (Å²) in [6, 6.07) is 15.2. The number of carbonyl (C=O) groups excluding carboxylic acids is 2. The van der Waals surface area contributed by atoms with Crippen LogP contribution in [0.4, 0.5) is 10.5 Å². The summed E-state index contributed by atoms with van der Waals surface area (Å²) in [4.78, 5) is 37.8. The Morgan fingerprint density at radius 1 is 1.06 bits per heavy atom. The SMILES string of the molecule is COc1cc(CN2CCCC2)ccc1C1(N2CCCC2OC(=O)N(C)C)C(=O)N(S(=O)(=O)c2ccc(C)cn2)c2ccc(C#N)cc21. The fourth-order valence-corrected chi connectivity index (χ4v) is 8.25. The predicted octanol–water partition coefficient (Wildman–Crippen LogP) is 3.97. The molecule has 2 aromatic carbocycles. The van der Waals surface area contributed by atoms with E-state index in [0.717, 1.165) is 41.4 Å². The second-order valence-electron chi connectivity index (χ2n) is 12.4. The van der Waals surface area contributed by atoms with Crippen LogP contribution in [0.25, 0.3) is 0 Å². The summed E-state index contributed by atoms with van der Waals surface area (Å²) in [5.41, 5.74) is 0.870. The standard InChI is InChI=1S/C34H38N6O6S/c1-23-9-14-30(36-21-23)47(43,44)40-28-13-11-24(20-35)18-27(28)34(32(40)41,39-17-7-8-31(39)46-33(42)37(2)3)26-12-10-25(19-29(26)45-4)22-38-15-5-6-16-38/h9-14,18-19,21,31H,5-8,15-17,22H2,1-4H3. The quantitative estimate of drug-likeness (QED) is 0.350. The summed E-state index contributed by atoms with van der Waals surface area (Å²) in [6.45, 7) is 4.75. The average molecular weight is 659 g/mol. The number of amides is 2. The van der Waals surface area contributed by atoms with Gasteiger partial charge in [0.2, 0.25) is 0 Å². The molecule has 0 spiro atoms. The van der Waals surface area contributed by atoms with E-state index in [4.69, 9.17) is 9.47 Å². The maximum absolute atomic E-state index is 15.3. The number of benzene rings is 2. The highest BCUT2D eigenvalue weighted by Gasteiger charge is 2.63. The zero-order valence-electron chi connectivity index (χ0n) is 27.0. The Morgan fingerprint density at radius 2 is 1.83 bits per heavy atom. The van der Waals surface area contributed by atoms with E-state index < -0.39 is 33.8 Å². The first-order valence-corrected chi connectivity index (χ1v) is 17.1. The number of nitrogens with zero attached hydrogens (tertiary/aromatic N) is 6. The molecule has 2 saturated heterocycles. The molecule has 3 aliphatic heterocycles. The number of carbonyl (C=O) groups is 2. The molecular weight excluding hydrogens is 620 g/mol. The smallest absolute Gasteiger partial charge is 0.410 e. The molecule has 2 atom stereocenters. The van der Waals surface area contributed by atoms with E-state index in [1.165, 1.54) is 36.4 Å². The maximum Gasteiger partial charge on any atom is 0.410 e. The van der Waals surface area contributed by atoms with Crippen molar-refractivity contribution in [2.24, 2.45) is 0 Å². The molecule has 13 heteroatoms. The minimum absolute atomic E-state index is 0.0872. The van der Waals surface area contributed by atoms with Gasteiger partial charge >= 0.3 is 6.09 Å². The number of nitriles is 1. The Kier molecular flexibility index (Phi) is 8.69. The number of aryl methyl sites for hydroxylation is 1. The van der Waals surface area contributed by atoms with Crippen molar-refractivity contribution in [3.05, 3.63) is 82.5 Å². The Labute approximate surface area is 275 Å². The third-order valence-electron chi connectivity index (χ3n) is 9.11. The molecule has 0 bridgehead atoms. The van der Waals surface area contributed by atoms with E-state index in [1.54, 1.807) is 44.1 Å². The molecule has 246 valence electrons. The summed E-state index contributed by atoms with van der Waals surface area (Å²) in [7, 11) is 0.101. The van der Waals surface area contributed by atoms with Gasteiger partial charge in [0.05, 0.1) is 24.4 Å². The number of likely N-dealkylation sites (tertiary alicyclic amines) is 2. The van der Waals surface area contributed by atoms with Gasteiger partial charge in [-0.05, 0) is 87.2 Å². The molecule has 0 N–H and O–H groups in total. The number of aromatic nitrogens is 1. The van der Waals surface area contributed by atoms with Crippen LogP contribution in [-0.4, -0.2) is 87.2 Å². The summed E-state index contributed by atoms with van der Waals surface area (Å²) < 4.78 is 41.5. The molecule has 4 heterocycles. The van der Waals surface area contributed by atoms with Gasteiger partial charge in [-0.2, -0.15) is 18.0 Å². The van der Waals surface area contributed by atoms with Crippen LogP contribution in [0.15, 0.2) is 59.8 Å². The van der Waals surface area contributed by atoms with Crippen molar-refractivity contribution >= 4 is 27.7 Å². The molecule has 0 aliphatic carbocycles. The van der Waals surface area contributed by atoms with Gasteiger partial charge in [0.25, 0.3) is 15.9 Å². The van der Waals surface area contributed by atoms with Crippen LogP contribution in [0.2, 0.25) is 0 Å². The molecule has 12 nitrogen and oxygen atoms in total. The van der Waals surface area contributed by atoms with Crippen LogP contribution in [0, 0.1) is 18.3 Å².